The molecule has 0 aromatic heterocycles. The highest BCUT2D eigenvalue weighted by atomic mass is 16.2. The van der Waals surface area contributed by atoms with Crippen molar-refractivity contribution in [3.63, 3.8) is 0 Å². The molecule has 0 saturated carbocycles. The van der Waals surface area contributed by atoms with Gasteiger partial charge in [-0.15, -0.1) is 0 Å². The van der Waals surface area contributed by atoms with Crippen molar-refractivity contribution in [3.8, 4) is 0 Å². The Morgan fingerprint density at radius 1 is 1.26 bits per heavy atom. The lowest BCUT2D eigenvalue weighted by Crippen LogP contribution is -2.49. The van der Waals surface area contributed by atoms with Gasteiger partial charge in [-0.05, 0) is 39.2 Å². The van der Waals surface area contributed by atoms with Gasteiger partial charge in [-0.25, -0.2) is 0 Å². The van der Waals surface area contributed by atoms with E-state index in [9.17, 15) is 9.59 Å². The third kappa shape index (κ3) is 3.47. The largest absolute Gasteiger partial charge is 0.359 e. The van der Waals surface area contributed by atoms with Crippen molar-refractivity contribution in [2.24, 2.45) is 11.8 Å². The second-order valence-corrected chi connectivity index (χ2v) is 5.81. The highest BCUT2D eigenvalue weighted by Gasteiger charge is 2.33. The molecule has 5 nitrogen and oxygen atoms in total. The highest BCUT2D eigenvalue weighted by molar-refractivity contribution is 5.82. The van der Waals surface area contributed by atoms with Gasteiger partial charge in [-0.3, -0.25) is 9.59 Å². The lowest BCUT2D eigenvalue weighted by molar-refractivity contribution is -0.140. The summed E-state index contributed by atoms with van der Waals surface area (Å²) in [6, 6.07) is 0.419. The van der Waals surface area contributed by atoms with Crippen LogP contribution in [0.5, 0.6) is 0 Å². The second-order valence-electron chi connectivity index (χ2n) is 5.81. The van der Waals surface area contributed by atoms with Crippen LogP contribution in [-0.4, -0.2) is 49.4 Å². The van der Waals surface area contributed by atoms with Gasteiger partial charge >= 0.3 is 0 Å². The smallest absolute Gasteiger partial charge is 0.225 e. The molecule has 2 fully saturated rings. The maximum absolute atomic E-state index is 12.5. The number of carbonyl (C=O) groups excluding carboxylic acids is 2. The average molecular weight is 267 g/mol. The standard InChI is InChI=1S/C14H25N3O2/c1-10-8-11(5-6-16-10)14(19)17-7-3-4-12(9-17)13(18)15-2/h10-12,16H,3-9H2,1-2H3,(H,15,18). The molecule has 2 heterocycles. The van der Waals surface area contributed by atoms with Crippen molar-refractivity contribution < 1.29 is 9.59 Å². The lowest BCUT2D eigenvalue weighted by atomic mass is 9.90. The molecule has 0 aromatic carbocycles. The van der Waals surface area contributed by atoms with Crippen molar-refractivity contribution in [3.05, 3.63) is 0 Å². The van der Waals surface area contributed by atoms with Crippen LogP contribution >= 0.6 is 0 Å². The highest BCUT2D eigenvalue weighted by Crippen LogP contribution is 2.23. The summed E-state index contributed by atoms with van der Waals surface area (Å²) in [6.45, 7) is 4.45. The molecule has 3 atom stereocenters. The molecule has 108 valence electrons. The Kier molecular flexibility index (Phi) is 4.80. The fourth-order valence-corrected chi connectivity index (χ4v) is 3.21. The molecule has 0 aromatic rings. The van der Waals surface area contributed by atoms with Gasteiger partial charge in [0.2, 0.25) is 11.8 Å². The average Bonchev–Trinajstić information content (AvgIpc) is 2.45. The van der Waals surface area contributed by atoms with E-state index in [-0.39, 0.29) is 23.7 Å². The first-order valence-electron chi connectivity index (χ1n) is 7.35. The summed E-state index contributed by atoms with van der Waals surface area (Å²) in [5.74, 6) is 0.430. The van der Waals surface area contributed by atoms with E-state index in [1.54, 1.807) is 7.05 Å². The van der Waals surface area contributed by atoms with Crippen LogP contribution in [0.15, 0.2) is 0 Å². The van der Waals surface area contributed by atoms with Gasteiger partial charge in [0, 0.05) is 32.1 Å². The molecule has 2 saturated heterocycles. The Labute approximate surface area is 115 Å². The van der Waals surface area contributed by atoms with Crippen molar-refractivity contribution in [1.29, 1.82) is 0 Å². The van der Waals surface area contributed by atoms with E-state index in [0.717, 1.165) is 38.8 Å². The van der Waals surface area contributed by atoms with Crippen LogP contribution in [-0.2, 0) is 9.59 Å². The maximum Gasteiger partial charge on any atom is 0.225 e. The maximum atomic E-state index is 12.5. The quantitative estimate of drug-likeness (QED) is 0.759. The molecule has 2 rings (SSSR count). The molecule has 0 bridgehead atoms. The molecule has 0 spiro atoms. The number of hydrogen-bond acceptors (Lipinski definition) is 3. The Balaban J connectivity index is 1.93. The van der Waals surface area contributed by atoms with E-state index in [2.05, 4.69) is 17.6 Å². The van der Waals surface area contributed by atoms with Gasteiger partial charge in [0.05, 0.1) is 5.92 Å². The number of amides is 2. The topological polar surface area (TPSA) is 61.4 Å². The molecule has 2 amide bonds. The summed E-state index contributed by atoms with van der Waals surface area (Å²) in [5.41, 5.74) is 0. The summed E-state index contributed by atoms with van der Waals surface area (Å²) in [7, 11) is 1.66. The van der Waals surface area contributed by atoms with Gasteiger partial charge in [0.1, 0.15) is 0 Å². The summed E-state index contributed by atoms with van der Waals surface area (Å²) < 4.78 is 0. The normalized spacial score (nSPS) is 31.9. The Bertz CT molecular complexity index is 346. The third-order valence-electron chi connectivity index (χ3n) is 4.32. The van der Waals surface area contributed by atoms with Crippen LogP contribution in [0.4, 0.5) is 0 Å². The minimum absolute atomic E-state index is 0.0261. The van der Waals surface area contributed by atoms with Gasteiger partial charge in [0.15, 0.2) is 0 Å². The van der Waals surface area contributed by atoms with Gasteiger partial charge in [-0.2, -0.15) is 0 Å². The van der Waals surface area contributed by atoms with Crippen LogP contribution in [0.25, 0.3) is 0 Å². The van der Waals surface area contributed by atoms with E-state index in [0.29, 0.717) is 12.6 Å². The monoisotopic (exact) mass is 267 g/mol. The number of hydrogen-bond donors (Lipinski definition) is 2. The molecule has 0 aliphatic carbocycles. The number of nitrogens with one attached hydrogen (secondary N) is 2. The predicted octanol–water partition coefficient (Wildman–Crippen LogP) is 0.359. The van der Waals surface area contributed by atoms with Crippen molar-refractivity contribution in [2.75, 3.05) is 26.7 Å². The minimum atomic E-state index is -0.0261. The first-order chi connectivity index (χ1) is 9.11. The zero-order chi connectivity index (χ0) is 13.8. The number of likely N-dealkylation sites (tertiary alicyclic amines) is 1. The molecule has 2 aliphatic heterocycles. The Morgan fingerprint density at radius 2 is 2.05 bits per heavy atom. The molecular weight excluding hydrogens is 242 g/mol. The number of rotatable bonds is 2. The van der Waals surface area contributed by atoms with Crippen molar-refractivity contribution in [1.82, 2.24) is 15.5 Å². The Hall–Kier alpha value is -1.10. The number of carbonyl (C=O) groups is 2. The van der Waals surface area contributed by atoms with E-state index < -0.39 is 0 Å². The Morgan fingerprint density at radius 3 is 2.74 bits per heavy atom. The first-order valence-corrected chi connectivity index (χ1v) is 7.35. The fourth-order valence-electron chi connectivity index (χ4n) is 3.21. The van der Waals surface area contributed by atoms with E-state index in [1.165, 1.54) is 0 Å². The summed E-state index contributed by atoms with van der Waals surface area (Å²) in [5, 5.41) is 6.06. The molecule has 3 unspecified atom stereocenters. The summed E-state index contributed by atoms with van der Waals surface area (Å²) >= 11 is 0. The lowest BCUT2D eigenvalue weighted by Gasteiger charge is -2.36. The van der Waals surface area contributed by atoms with Crippen LogP contribution in [0.2, 0.25) is 0 Å². The van der Waals surface area contributed by atoms with Crippen molar-refractivity contribution in [2.45, 2.75) is 38.6 Å². The van der Waals surface area contributed by atoms with E-state index in [1.807, 2.05) is 4.90 Å². The van der Waals surface area contributed by atoms with Crippen LogP contribution in [0.1, 0.15) is 32.6 Å². The third-order valence-corrected chi connectivity index (χ3v) is 4.32. The number of nitrogens with zero attached hydrogens (tertiary/aromatic N) is 1. The van der Waals surface area contributed by atoms with Gasteiger partial charge < -0.3 is 15.5 Å². The minimum Gasteiger partial charge on any atom is -0.359 e. The van der Waals surface area contributed by atoms with Gasteiger partial charge in [0.25, 0.3) is 0 Å². The molecule has 5 heteroatoms. The molecule has 19 heavy (non-hydrogen) atoms. The fraction of sp³-hybridized carbons (Fsp3) is 0.857. The molecular formula is C14H25N3O2. The summed E-state index contributed by atoms with van der Waals surface area (Å²) in [4.78, 5) is 26.1. The van der Waals surface area contributed by atoms with Crippen LogP contribution < -0.4 is 10.6 Å². The summed E-state index contributed by atoms with van der Waals surface area (Å²) in [6.07, 6.45) is 3.67. The van der Waals surface area contributed by atoms with Crippen molar-refractivity contribution >= 4 is 11.8 Å². The SMILES string of the molecule is CNC(=O)C1CCCN(C(=O)C2CCNC(C)C2)C1. The van der Waals surface area contributed by atoms with E-state index >= 15 is 0 Å². The molecule has 0 radical (unpaired) electrons. The zero-order valence-electron chi connectivity index (χ0n) is 11.9. The predicted molar refractivity (Wildman–Crippen MR) is 73.6 cm³/mol. The van der Waals surface area contributed by atoms with Gasteiger partial charge in [-0.1, -0.05) is 0 Å². The zero-order valence-corrected chi connectivity index (χ0v) is 11.9. The van der Waals surface area contributed by atoms with Crippen LogP contribution in [0, 0.1) is 11.8 Å². The van der Waals surface area contributed by atoms with E-state index in [4.69, 9.17) is 0 Å². The first kappa shape index (κ1) is 14.3. The van der Waals surface area contributed by atoms with Crippen LogP contribution in [0.3, 0.4) is 0 Å². The second kappa shape index (κ2) is 6.37. The number of piperidine rings is 2. The molecule has 2 aliphatic rings. The molecule has 2 N–H and O–H groups in total.